The van der Waals surface area contributed by atoms with Gasteiger partial charge < -0.3 is 29.7 Å². The number of hydrogen-bond donors (Lipinski definition) is 2. The fraction of sp³-hybridized carbons (Fsp3) is 0.522. The van der Waals surface area contributed by atoms with Crippen LogP contribution >= 0.6 is 0 Å². The average molecular weight is 415 g/mol. The molecule has 1 saturated heterocycles. The molecule has 3 rings (SSSR count). The van der Waals surface area contributed by atoms with E-state index in [9.17, 15) is 5.11 Å². The maximum absolute atomic E-state index is 10.9. The standard InChI is InChI=1S/C23H34N4O3/c1-26(2)12-6-14-30-20-9-8-19(15-21(20)29-3)16-24-17-23(28)10-13-27(18-23)22-7-4-5-11-25-22/h4-5,7-9,11,15,24,28H,6,10,12-14,16-18H2,1-3H3. The van der Waals surface area contributed by atoms with E-state index in [0.29, 0.717) is 26.2 Å². The number of pyridine rings is 1. The molecule has 2 N–H and O–H groups in total. The third-order valence-corrected chi connectivity index (χ3v) is 5.32. The molecule has 1 aliphatic rings. The van der Waals surface area contributed by atoms with E-state index < -0.39 is 5.60 Å². The topological polar surface area (TPSA) is 70.1 Å². The molecule has 1 atom stereocenters. The Morgan fingerprint density at radius 2 is 2.10 bits per heavy atom. The molecule has 1 fully saturated rings. The number of ether oxygens (including phenoxy) is 2. The van der Waals surface area contributed by atoms with Gasteiger partial charge in [-0.25, -0.2) is 4.98 Å². The summed E-state index contributed by atoms with van der Waals surface area (Å²) in [5.41, 5.74) is 0.340. The molecule has 7 heteroatoms. The van der Waals surface area contributed by atoms with Gasteiger partial charge in [0.05, 0.1) is 19.3 Å². The van der Waals surface area contributed by atoms with Crippen molar-refractivity contribution < 1.29 is 14.6 Å². The van der Waals surface area contributed by atoms with Gasteiger partial charge in [0.25, 0.3) is 0 Å². The zero-order chi connectivity index (χ0) is 21.4. The number of benzene rings is 1. The van der Waals surface area contributed by atoms with Crippen molar-refractivity contribution >= 4 is 5.82 Å². The largest absolute Gasteiger partial charge is 0.493 e. The van der Waals surface area contributed by atoms with Crippen molar-refractivity contribution in [3.8, 4) is 11.5 Å². The summed E-state index contributed by atoms with van der Waals surface area (Å²) < 4.78 is 11.4. The van der Waals surface area contributed by atoms with Crippen LogP contribution in [0.4, 0.5) is 5.82 Å². The predicted molar refractivity (Wildman–Crippen MR) is 119 cm³/mol. The Bertz CT molecular complexity index is 787. The quantitative estimate of drug-likeness (QED) is 0.546. The number of rotatable bonds is 11. The molecule has 0 aliphatic carbocycles. The first-order valence-electron chi connectivity index (χ1n) is 10.5. The molecular weight excluding hydrogens is 380 g/mol. The van der Waals surface area contributed by atoms with Crippen LogP contribution in [0.1, 0.15) is 18.4 Å². The first-order valence-corrected chi connectivity index (χ1v) is 10.5. The van der Waals surface area contributed by atoms with E-state index in [1.54, 1.807) is 13.3 Å². The molecule has 1 aromatic heterocycles. The number of aliphatic hydroxyl groups is 1. The zero-order valence-electron chi connectivity index (χ0n) is 18.3. The predicted octanol–water partition coefficient (Wildman–Crippen LogP) is 2.15. The highest BCUT2D eigenvalue weighted by Crippen LogP contribution is 2.29. The van der Waals surface area contributed by atoms with Crippen molar-refractivity contribution in [3.05, 3.63) is 48.2 Å². The van der Waals surface area contributed by atoms with E-state index in [1.807, 2.05) is 36.4 Å². The number of nitrogens with zero attached hydrogens (tertiary/aromatic N) is 3. The highest BCUT2D eigenvalue weighted by atomic mass is 16.5. The molecule has 7 nitrogen and oxygen atoms in total. The summed E-state index contributed by atoms with van der Waals surface area (Å²) in [4.78, 5) is 8.66. The normalized spacial score (nSPS) is 18.8. The van der Waals surface area contributed by atoms with Crippen LogP contribution in [0.3, 0.4) is 0 Å². The molecule has 1 aromatic carbocycles. The van der Waals surface area contributed by atoms with Gasteiger partial charge in [-0.3, -0.25) is 0 Å². The first-order chi connectivity index (χ1) is 14.5. The monoisotopic (exact) mass is 414 g/mol. The number of nitrogens with one attached hydrogen (secondary N) is 1. The Morgan fingerprint density at radius 3 is 2.83 bits per heavy atom. The molecule has 0 radical (unpaired) electrons. The van der Waals surface area contributed by atoms with Crippen LogP contribution in [0.15, 0.2) is 42.6 Å². The molecule has 0 bridgehead atoms. The van der Waals surface area contributed by atoms with Crippen molar-refractivity contribution in [1.82, 2.24) is 15.2 Å². The van der Waals surface area contributed by atoms with Gasteiger partial charge in [-0.05, 0) is 56.8 Å². The van der Waals surface area contributed by atoms with Crippen molar-refractivity contribution in [1.29, 1.82) is 0 Å². The second-order valence-corrected chi connectivity index (χ2v) is 8.18. The van der Waals surface area contributed by atoms with E-state index in [1.165, 1.54) is 0 Å². The minimum Gasteiger partial charge on any atom is -0.493 e. The molecule has 2 heterocycles. The minimum atomic E-state index is -0.753. The van der Waals surface area contributed by atoms with Crippen LogP contribution in [0, 0.1) is 0 Å². The second kappa shape index (κ2) is 10.6. The van der Waals surface area contributed by atoms with E-state index >= 15 is 0 Å². The number of aromatic nitrogens is 1. The summed E-state index contributed by atoms with van der Waals surface area (Å²) in [5, 5.41) is 14.3. The lowest BCUT2D eigenvalue weighted by Gasteiger charge is -2.24. The van der Waals surface area contributed by atoms with Gasteiger partial charge in [-0.1, -0.05) is 12.1 Å². The fourth-order valence-corrected chi connectivity index (χ4v) is 3.68. The van der Waals surface area contributed by atoms with Gasteiger partial charge in [0.1, 0.15) is 5.82 Å². The van der Waals surface area contributed by atoms with Crippen LogP contribution in [0.25, 0.3) is 0 Å². The summed E-state index contributed by atoms with van der Waals surface area (Å²) in [6.45, 7) is 4.23. The number of hydrogen-bond acceptors (Lipinski definition) is 7. The fourth-order valence-electron chi connectivity index (χ4n) is 3.68. The molecule has 1 aliphatic heterocycles. The molecule has 1 unspecified atom stereocenters. The summed E-state index contributed by atoms with van der Waals surface area (Å²) in [6, 6.07) is 11.8. The van der Waals surface area contributed by atoms with Crippen LogP contribution in [-0.2, 0) is 6.54 Å². The van der Waals surface area contributed by atoms with Crippen LogP contribution in [0.2, 0.25) is 0 Å². The Morgan fingerprint density at radius 1 is 1.23 bits per heavy atom. The maximum atomic E-state index is 10.9. The lowest BCUT2D eigenvalue weighted by molar-refractivity contribution is 0.0626. The van der Waals surface area contributed by atoms with Gasteiger partial charge in [0.15, 0.2) is 11.5 Å². The van der Waals surface area contributed by atoms with Gasteiger partial charge in [0.2, 0.25) is 0 Å². The van der Waals surface area contributed by atoms with Crippen LogP contribution in [0.5, 0.6) is 11.5 Å². The Kier molecular flexibility index (Phi) is 7.90. The van der Waals surface area contributed by atoms with Crippen molar-refractivity contribution in [2.24, 2.45) is 0 Å². The van der Waals surface area contributed by atoms with Crippen LogP contribution < -0.4 is 19.7 Å². The van der Waals surface area contributed by atoms with E-state index in [0.717, 1.165) is 48.8 Å². The Labute approximate surface area is 179 Å². The lowest BCUT2D eigenvalue weighted by Crippen LogP contribution is -2.43. The van der Waals surface area contributed by atoms with Crippen molar-refractivity contribution in [2.45, 2.75) is 25.0 Å². The lowest BCUT2D eigenvalue weighted by atomic mass is 10.0. The van der Waals surface area contributed by atoms with Crippen molar-refractivity contribution in [3.63, 3.8) is 0 Å². The number of methoxy groups -OCH3 is 1. The third-order valence-electron chi connectivity index (χ3n) is 5.32. The Hall–Kier alpha value is -2.35. The molecule has 0 amide bonds. The van der Waals surface area contributed by atoms with Gasteiger partial charge in [-0.2, -0.15) is 0 Å². The summed E-state index contributed by atoms with van der Waals surface area (Å²) in [6.07, 6.45) is 3.47. The summed E-state index contributed by atoms with van der Waals surface area (Å²) >= 11 is 0. The van der Waals surface area contributed by atoms with Gasteiger partial charge >= 0.3 is 0 Å². The molecular formula is C23H34N4O3. The van der Waals surface area contributed by atoms with E-state index in [4.69, 9.17) is 9.47 Å². The number of β-amino-alcohol motifs (C(OH)–C–C–N with tert-alkyl or cyclic N) is 1. The molecule has 30 heavy (non-hydrogen) atoms. The molecule has 164 valence electrons. The van der Waals surface area contributed by atoms with E-state index in [-0.39, 0.29) is 0 Å². The summed E-state index contributed by atoms with van der Waals surface area (Å²) in [5.74, 6) is 2.42. The van der Waals surface area contributed by atoms with E-state index in [2.05, 4.69) is 34.2 Å². The van der Waals surface area contributed by atoms with Gasteiger partial charge in [-0.15, -0.1) is 0 Å². The molecule has 0 saturated carbocycles. The SMILES string of the molecule is COc1cc(CNCC2(O)CCN(c3ccccn3)C2)ccc1OCCCN(C)C. The minimum absolute atomic E-state index is 0.529. The first kappa shape index (κ1) is 22.3. The number of anilines is 1. The van der Waals surface area contributed by atoms with Crippen molar-refractivity contribution in [2.75, 3.05) is 58.9 Å². The highest BCUT2D eigenvalue weighted by molar-refractivity contribution is 5.43. The maximum Gasteiger partial charge on any atom is 0.161 e. The van der Waals surface area contributed by atoms with Crippen LogP contribution in [-0.4, -0.2) is 74.6 Å². The highest BCUT2D eigenvalue weighted by Gasteiger charge is 2.36. The summed E-state index contributed by atoms with van der Waals surface area (Å²) in [7, 11) is 5.77. The molecule has 2 aromatic rings. The second-order valence-electron chi connectivity index (χ2n) is 8.18. The third kappa shape index (κ3) is 6.32. The smallest absolute Gasteiger partial charge is 0.161 e. The average Bonchev–Trinajstić information content (AvgIpc) is 3.14. The van der Waals surface area contributed by atoms with Gasteiger partial charge in [0, 0.05) is 38.9 Å². The Balaban J connectivity index is 1.47. The zero-order valence-corrected chi connectivity index (χ0v) is 18.3. The molecule has 0 spiro atoms.